The predicted molar refractivity (Wildman–Crippen MR) is 89.1 cm³/mol. The molecule has 2 heterocycles. The van der Waals surface area contributed by atoms with Crippen molar-refractivity contribution in [3.8, 4) is 11.4 Å². The Balaban J connectivity index is 1.60. The van der Waals surface area contributed by atoms with E-state index in [4.69, 9.17) is 21.2 Å². The molecule has 1 N–H and O–H groups in total. The molecule has 1 aromatic heterocycles. The minimum Gasteiger partial charge on any atom is -0.396 e. The highest BCUT2D eigenvalue weighted by molar-refractivity contribution is 6.30. The van der Waals surface area contributed by atoms with Gasteiger partial charge in [0.15, 0.2) is 0 Å². The van der Waals surface area contributed by atoms with E-state index in [2.05, 4.69) is 15.0 Å². The van der Waals surface area contributed by atoms with Gasteiger partial charge in [-0.25, -0.2) is 0 Å². The summed E-state index contributed by atoms with van der Waals surface area (Å²) in [4.78, 5) is 6.85. The zero-order valence-corrected chi connectivity index (χ0v) is 13.9. The van der Waals surface area contributed by atoms with Crippen LogP contribution in [-0.2, 0) is 6.54 Å². The number of halogens is 1. The molecule has 0 bridgehead atoms. The molecule has 0 radical (unpaired) electrons. The molecule has 2 aromatic rings. The maximum Gasteiger partial charge on any atom is 0.241 e. The molecule has 1 aliphatic heterocycles. The van der Waals surface area contributed by atoms with Gasteiger partial charge in [0.1, 0.15) is 0 Å². The number of aliphatic hydroxyl groups is 1. The van der Waals surface area contributed by atoms with E-state index in [9.17, 15) is 0 Å². The van der Waals surface area contributed by atoms with Crippen molar-refractivity contribution in [3.05, 3.63) is 35.2 Å². The van der Waals surface area contributed by atoms with Crippen LogP contribution < -0.4 is 0 Å². The number of nitrogens with zero attached hydrogens (tertiary/aromatic N) is 3. The van der Waals surface area contributed by atoms with E-state index in [1.807, 2.05) is 24.3 Å². The first kappa shape index (κ1) is 16.4. The van der Waals surface area contributed by atoms with Crippen molar-refractivity contribution < 1.29 is 9.63 Å². The Bertz CT molecular complexity index is 632. The summed E-state index contributed by atoms with van der Waals surface area (Å²) in [5.74, 6) is 1.88. The molecule has 1 atom stereocenters. The predicted octanol–water partition coefficient (Wildman–Crippen LogP) is 3.37. The van der Waals surface area contributed by atoms with Crippen molar-refractivity contribution in [1.82, 2.24) is 15.0 Å². The van der Waals surface area contributed by atoms with Gasteiger partial charge in [0.2, 0.25) is 11.7 Å². The van der Waals surface area contributed by atoms with Gasteiger partial charge in [-0.05, 0) is 50.3 Å². The van der Waals surface area contributed by atoms with Crippen molar-refractivity contribution >= 4 is 11.6 Å². The van der Waals surface area contributed by atoms with Crippen LogP contribution >= 0.6 is 11.6 Å². The number of likely N-dealkylation sites (tertiary alicyclic amines) is 1. The lowest BCUT2D eigenvalue weighted by Crippen LogP contribution is -2.35. The number of rotatable bonds is 6. The molecule has 1 fully saturated rings. The first-order valence-corrected chi connectivity index (χ1v) is 8.54. The molecule has 0 amide bonds. The summed E-state index contributed by atoms with van der Waals surface area (Å²) in [6.45, 7) is 3.06. The average Bonchev–Trinajstić information content (AvgIpc) is 3.02. The maximum absolute atomic E-state index is 8.97. The molecule has 3 rings (SSSR count). The monoisotopic (exact) mass is 335 g/mol. The Morgan fingerprint density at radius 3 is 3.13 bits per heavy atom. The molecule has 0 unspecified atom stereocenters. The quantitative estimate of drug-likeness (QED) is 0.876. The van der Waals surface area contributed by atoms with E-state index >= 15 is 0 Å². The van der Waals surface area contributed by atoms with Crippen molar-refractivity contribution in [2.75, 3.05) is 19.7 Å². The highest BCUT2D eigenvalue weighted by Gasteiger charge is 2.21. The van der Waals surface area contributed by atoms with Gasteiger partial charge in [-0.3, -0.25) is 4.90 Å². The van der Waals surface area contributed by atoms with Gasteiger partial charge in [0, 0.05) is 23.7 Å². The fourth-order valence-corrected chi connectivity index (χ4v) is 3.36. The number of aliphatic hydroxyl groups excluding tert-OH is 1. The summed E-state index contributed by atoms with van der Waals surface area (Å²) in [6.07, 6.45) is 4.40. The van der Waals surface area contributed by atoms with Gasteiger partial charge < -0.3 is 9.63 Å². The molecule has 6 heteroatoms. The molecule has 1 aliphatic rings. The van der Waals surface area contributed by atoms with Gasteiger partial charge >= 0.3 is 0 Å². The van der Waals surface area contributed by atoms with Crippen LogP contribution in [0.1, 0.15) is 31.6 Å². The smallest absolute Gasteiger partial charge is 0.241 e. The first-order chi connectivity index (χ1) is 11.2. The highest BCUT2D eigenvalue weighted by Crippen LogP contribution is 2.23. The second-order valence-corrected chi connectivity index (χ2v) is 6.57. The van der Waals surface area contributed by atoms with Crippen molar-refractivity contribution in [3.63, 3.8) is 0 Å². The topological polar surface area (TPSA) is 62.4 Å². The van der Waals surface area contributed by atoms with Crippen molar-refractivity contribution in [2.24, 2.45) is 5.92 Å². The van der Waals surface area contributed by atoms with Crippen LogP contribution in [0.3, 0.4) is 0 Å². The normalized spacial score (nSPS) is 19.1. The molecule has 0 spiro atoms. The molecule has 5 nitrogen and oxygen atoms in total. The third kappa shape index (κ3) is 4.53. The number of aromatic nitrogens is 2. The molecular weight excluding hydrogens is 314 g/mol. The zero-order chi connectivity index (χ0) is 16.1. The Kier molecular flexibility index (Phi) is 5.65. The fourth-order valence-electron chi connectivity index (χ4n) is 3.17. The van der Waals surface area contributed by atoms with Crippen LogP contribution in [0.5, 0.6) is 0 Å². The largest absolute Gasteiger partial charge is 0.396 e. The molecule has 0 aliphatic carbocycles. The van der Waals surface area contributed by atoms with Crippen LogP contribution in [0.2, 0.25) is 5.02 Å². The van der Waals surface area contributed by atoms with E-state index in [1.54, 1.807) is 0 Å². The Morgan fingerprint density at radius 1 is 1.39 bits per heavy atom. The van der Waals surface area contributed by atoms with E-state index < -0.39 is 0 Å². The minimum absolute atomic E-state index is 0.281. The van der Waals surface area contributed by atoms with Gasteiger partial charge in [0.05, 0.1) is 6.54 Å². The van der Waals surface area contributed by atoms with Gasteiger partial charge in [0.25, 0.3) is 0 Å². The number of hydrogen-bond acceptors (Lipinski definition) is 5. The Hall–Kier alpha value is -1.43. The van der Waals surface area contributed by atoms with Gasteiger partial charge in [-0.2, -0.15) is 4.98 Å². The van der Waals surface area contributed by atoms with Crippen LogP contribution in [0.15, 0.2) is 28.8 Å². The molecule has 23 heavy (non-hydrogen) atoms. The lowest BCUT2D eigenvalue weighted by Gasteiger charge is -2.31. The van der Waals surface area contributed by atoms with Crippen molar-refractivity contribution in [2.45, 2.75) is 32.2 Å². The number of hydrogen-bond donors (Lipinski definition) is 1. The lowest BCUT2D eigenvalue weighted by atomic mass is 9.93. The lowest BCUT2D eigenvalue weighted by molar-refractivity contribution is 0.139. The van der Waals surface area contributed by atoms with E-state index in [0.29, 0.717) is 29.2 Å². The van der Waals surface area contributed by atoms with Crippen LogP contribution in [0.25, 0.3) is 11.4 Å². The fraction of sp³-hybridized carbons (Fsp3) is 0.529. The Morgan fingerprint density at radius 2 is 2.30 bits per heavy atom. The average molecular weight is 336 g/mol. The van der Waals surface area contributed by atoms with E-state index in [-0.39, 0.29) is 6.61 Å². The summed E-state index contributed by atoms with van der Waals surface area (Å²) in [5.41, 5.74) is 0.868. The third-order valence-corrected chi connectivity index (χ3v) is 4.52. The minimum atomic E-state index is 0.281. The van der Waals surface area contributed by atoms with Crippen LogP contribution in [-0.4, -0.2) is 39.8 Å². The molecular formula is C17H22ClN3O2. The number of piperidine rings is 1. The molecule has 1 saturated heterocycles. The van der Waals surface area contributed by atoms with Gasteiger partial charge in [-0.1, -0.05) is 28.9 Å². The third-order valence-electron chi connectivity index (χ3n) is 4.28. The summed E-state index contributed by atoms with van der Waals surface area (Å²) in [6, 6.07) is 7.46. The zero-order valence-electron chi connectivity index (χ0n) is 13.1. The summed E-state index contributed by atoms with van der Waals surface area (Å²) in [7, 11) is 0. The van der Waals surface area contributed by atoms with Gasteiger partial charge in [-0.15, -0.1) is 0 Å². The second-order valence-electron chi connectivity index (χ2n) is 6.13. The van der Waals surface area contributed by atoms with E-state index in [0.717, 1.165) is 31.5 Å². The maximum atomic E-state index is 8.97. The van der Waals surface area contributed by atoms with Crippen LogP contribution in [0.4, 0.5) is 0 Å². The summed E-state index contributed by atoms with van der Waals surface area (Å²) in [5, 5.41) is 13.7. The second kappa shape index (κ2) is 7.90. The van der Waals surface area contributed by atoms with Crippen molar-refractivity contribution in [1.29, 1.82) is 0 Å². The van der Waals surface area contributed by atoms with E-state index in [1.165, 1.54) is 12.8 Å². The standard InChI is InChI=1S/C17H22ClN3O2/c18-15-7-1-6-14(10-15)17-19-16(23-20-17)12-21-8-2-4-13(11-21)5-3-9-22/h1,6-7,10,13,22H,2-5,8-9,11-12H2/t13-/m1/s1. The Labute approximate surface area is 141 Å². The highest BCUT2D eigenvalue weighted by atomic mass is 35.5. The molecule has 1 aromatic carbocycles. The molecule has 0 saturated carbocycles. The molecule has 124 valence electrons. The number of benzene rings is 1. The first-order valence-electron chi connectivity index (χ1n) is 8.16. The van der Waals surface area contributed by atoms with Crippen LogP contribution in [0, 0.1) is 5.92 Å². The SMILES string of the molecule is OCCC[C@H]1CCCN(Cc2nc(-c3cccc(Cl)c3)no2)C1. The summed E-state index contributed by atoms with van der Waals surface area (Å²) >= 11 is 6.00. The summed E-state index contributed by atoms with van der Waals surface area (Å²) < 4.78 is 5.39.